The molecule has 2 heterocycles. The average molecular weight is 209 g/mol. The van der Waals surface area contributed by atoms with Crippen LogP contribution in [0.3, 0.4) is 0 Å². The number of carbonyl (C=O) groups is 1. The monoisotopic (exact) mass is 208 g/mol. The second-order valence-electron chi connectivity index (χ2n) is 3.17. The highest BCUT2D eigenvalue weighted by Crippen LogP contribution is 2.20. The van der Waals surface area contributed by atoms with E-state index >= 15 is 0 Å². The van der Waals surface area contributed by atoms with Crippen LogP contribution >= 0.6 is 11.6 Å². The van der Waals surface area contributed by atoms with Gasteiger partial charge in [-0.15, -0.1) is 0 Å². The van der Waals surface area contributed by atoms with Gasteiger partial charge in [-0.1, -0.05) is 17.7 Å². The number of pyridine rings is 1. The zero-order chi connectivity index (χ0) is 10.3. The number of halogens is 1. The van der Waals surface area contributed by atoms with Crippen LogP contribution in [0.15, 0.2) is 18.2 Å². The molecule has 14 heavy (non-hydrogen) atoms. The Morgan fingerprint density at radius 3 is 2.79 bits per heavy atom. The van der Waals surface area contributed by atoms with Gasteiger partial charge in [0, 0.05) is 12.6 Å². The Kier molecular flexibility index (Phi) is 2.04. The van der Waals surface area contributed by atoms with Crippen molar-refractivity contribution < 1.29 is 4.79 Å². The van der Waals surface area contributed by atoms with E-state index in [4.69, 9.17) is 11.6 Å². The first-order valence-electron chi connectivity index (χ1n) is 4.26. The molecule has 0 N–H and O–H groups in total. The maximum absolute atomic E-state index is 11.2. The molecule has 0 aliphatic rings. The third-order valence-corrected chi connectivity index (χ3v) is 2.46. The lowest BCUT2D eigenvalue weighted by Gasteiger charge is -1.98. The summed E-state index contributed by atoms with van der Waals surface area (Å²) in [5.74, 6) is -0.113. The molecule has 2 aromatic heterocycles. The summed E-state index contributed by atoms with van der Waals surface area (Å²) in [6.45, 7) is 3.38. The number of aromatic nitrogens is 2. The van der Waals surface area contributed by atoms with Gasteiger partial charge in [0.1, 0.15) is 16.5 Å². The van der Waals surface area contributed by atoms with Crippen molar-refractivity contribution in [2.75, 3.05) is 0 Å². The fourth-order valence-corrected chi connectivity index (χ4v) is 1.83. The van der Waals surface area contributed by atoms with Gasteiger partial charge in [0.25, 0.3) is 0 Å². The number of imidazole rings is 1. The van der Waals surface area contributed by atoms with E-state index in [2.05, 4.69) is 4.98 Å². The molecule has 0 unspecified atom stereocenters. The Morgan fingerprint density at radius 1 is 1.50 bits per heavy atom. The number of rotatable bonds is 1. The molecule has 0 amide bonds. The molecule has 0 radical (unpaired) electrons. The molecule has 0 aliphatic carbocycles. The quantitative estimate of drug-likeness (QED) is 0.675. The summed E-state index contributed by atoms with van der Waals surface area (Å²) in [4.78, 5) is 15.3. The van der Waals surface area contributed by atoms with E-state index < -0.39 is 0 Å². The van der Waals surface area contributed by atoms with Crippen molar-refractivity contribution in [3.05, 3.63) is 34.7 Å². The number of nitrogens with zero attached hydrogens (tertiary/aromatic N) is 2. The minimum absolute atomic E-state index is 0.113. The van der Waals surface area contributed by atoms with Gasteiger partial charge in [0.2, 0.25) is 0 Å². The lowest BCUT2D eigenvalue weighted by atomic mass is 10.3. The van der Waals surface area contributed by atoms with Crippen LogP contribution in [0, 0.1) is 6.92 Å². The highest BCUT2D eigenvalue weighted by atomic mass is 35.5. The predicted octanol–water partition coefficient (Wildman–Crippen LogP) is 2.50. The Labute approximate surface area is 86.3 Å². The largest absolute Gasteiger partial charge is 0.293 e. The minimum atomic E-state index is -0.113. The number of carbonyl (C=O) groups excluding carboxylic acids is 1. The number of ketones is 1. The predicted molar refractivity (Wildman–Crippen MR) is 54.9 cm³/mol. The van der Waals surface area contributed by atoms with Crippen LogP contribution in [-0.2, 0) is 0 Å². The van der Waals surface area contributed by atoms with Gasteiger partial charge in [0.15, 0.2) is 5.78 Å². The second-order valence-corrected chi connectivity index (χ2v) is 3.53. The first kappa shape index (κ1) is 9.21. The summed E-state index contributed by atoms with van der Waals surface area (Å²) < 4.78 is 1.76. The van der Waals surface area contributed by atoms with Crippen molar-refractivity contribution in [1.82, 2.24) is 9.38 Å². The van der Waals surface area contributed by atoms with Crippen LogP contribution in [0.5, 0.6) is 0 Å². The van der Waals surface area contributed by atoms with Gasteiger partial charge in [-0.2, -0.15) is 0 Å². The molecule has 0 aliphatic heterocycles. The smallest absolute Gasteiger partial charge is 0.181 e. The molecule has 0 saturated heterocycles. The zero-order valence-corrected chi connectivity index (χ0v) is 8.67. The molecule has 0 bridgehead atoms. The fraction of sp³-hybridized carbons (Fsp3) is 0.200. The molecule has 4 heteroatoms. The van der Waals surface area contributed by atoms with Gasteiger partial charge in [0.05, 0.1) is 0 Å². The molecule has 3 nitrogen and oxygen atoms in total. The molecule has 0 aromatic carbocycles. The topological polar surface area (TPSA) is 34.4 Å². The molecule has 0 saturated carbocycles. The number of Topliss-reactive ketones (excluding diaryl/α,β-unsaturated/α-hetero) is 1. The minimum Gasteiger partial charge on any atom is -0.293 e. The Morgan fingerprint density at radius 2 is 2.21 bits per heavy atom. The van der Waals surface area contributed by atoms with Crippen molar-refractivity contribution in [2.24, 2.45) is 0 Å². The molecule has 0 spiro atoms. The molecular formula is C10H9ClN2O. The van der Waals surface area contributed by atoms with E-state index in [1.165, 1.54) is 6.92 Å². The number of aryl methyl sites for hydroxylation is 1. The number of hydrogen-bond donors (Lipinski definition) is 0. The molecular weight excluding hydrogens is 200 g/mol. The summed E-state index contributed by atoms with van der Waals surface area (Å²) >= 11 is 6.04. The van der Waals surface area contributed by atoms with Crippen LogP contribution in [-0.4, -0.2) is 15.2 Å². The van der Waals surface area contributed by atoms with E-state index in [0.717, 1.165) is 5.69 Å². The lowest BCUT2D eigenvalue weighted by Crippen LogP contribution is -1.93. The van der Waals surface area contributed by atoms with Crippen molar-refractivity contribution in [2.45, 2.75) is 13.8 Å². The van der Waals surface area contributed by atoms with E-state index in [-0.39, 0.29) is 5.78 Å². The third-order valence-electron chi connectivity index (χ3n) is 2.12. The summed E-state index contributed by atoms with van der Waals surface area (Å²) in [5.41, 5.74) is 2.01. The van der Waals surface area contributed by atoms with E-state index in [0.29, 0.717) is 16.5 Å². The molecule has 2 aromatic rings. The van der Waals surface area contributed by atoms with Gasteiger partial charge < -0.3 is 0 Å². The standard InChI is InChI=1S/C10H9ClN2O/c1-6-4-3-5-8-12-9(7(2)14)10(11)13(6)8/h3-5H,1-2H3. The summed E-state index contributed by atoms with van der Waals surface area (Å²) in [7, 11) is 0. The van der Waals surface area contributed by atoms with Crippen molar-refractivity contribution >= 4 is 23.0 Å². The molecule has 0 atom stereocenters. The Hall–Kier alpha value is -1.35. The van der Waals surface area contributed by atoms with Crippen LogP contribution < -0.4 is 0 Å². The highest BCUT2D eigenvalue weighted by Gasteiger charge is 2.14. The summed E-state index contributed by atoms with van der Waals surface area (Å²) in [6.07, 6.45) is 0. The Balaban J connectivity index is 2.87. The van der Waals surface area contributed by atoms with Gasteiger partial charge in [-0.05, 0) is 19.1 Å². The van der Waals surface area contributed by atoms with Crippen molar-refractivity contribution in [3.8, 4) is 0 Å². The third kappa shape index (κ3) is 1.21. The molecule has 72 valence electrons. The Bertz CT molecular complexity index is 516. The highest BCUT2D eigenvalue weighted by molar-refractivity contribution is 6.33. The van der Waals surface area contributed by atoms with Crippen molar-refractivity contribution in [3.63, 3.8) is 0 Å². The van der Waals surface area contributed by atoms with Crippen LogP contribution in [0.2, 0.25) is 5.15 Å². The SMILES string of the molecule is CC(=O)c1nc2cccc(C)n2c1Cl. The lowest BCUT2D eigenvalue weighted by molar-refractivity contribution is 0.101. The first-order valence-corrected chi connectivity index (χ1v) is 4.63. The zero-order valence-electron chi connectivity index (χ0n) is 7.91. The summed E-state index contributed by atoms with van der Waals surface area (Å²) in [5, 5.41) is 0.394. The molecule has 2 rings (SSSR count). The van der Waals surface area contributed by atoms with Crippen molar-refractivity contribution in [1.29, 1.82) is 0 Å². The van der Waals surface area contributed by atoms with E-state index in [1.807, 2.05) is 25.1 Å². The number of fused-ring (bicyclic) bond motifs is 1. The second kappa shape index (κ2) is 3.10. The van der Waals surface area contributed by atoms with Crippen LogP contribution in [0.25, 0.3) is 5.65 Å². The van der Waals surface area contributed by atoms with Gasteiger partial charge >= 0.3 is 0 Å². The van der Waals surface area contributed by atoms with E-state index in [1.54, 1.807) is 4.40 Å². The van der Waals surface area contributed by atoms with Crippen LogP contribution in [0.4, 0.5) is 0 Å². The maximum atomic E-state index is 11.2. The first-order chi connectivity index (χ1) is 6.61. The normalized spacial score (nSPS) is 10.8. The molecule has 0 fully saturated rings. The average Bonchev–Trinajstić information content (AvgIpc) is 2.45. The summed E-state index contributed by atoms with van der Waals surface area (Å²) in [6, 6.07) is 5.63. The van der Waals surface area contributed by atoms with Gasteiger partial charge in [-0.25, -0.2) is 4.98 Å². The maximum Gasteiger partial charge on any atom is 0.181 e. The van der Waals surface area contributed by atoms with E-state index in [9.17, 15) is 4.79 Å². The van der Waals surface area contributed by atoms with Gasteiger partial charge in [-0.3, -0.25) is 9.20 Å². The fourth-order valence-electron chi connectivity index (χ4n) is 1.44. The van der Waals surface area contributed by atoms with Crippen LogP contribution in [0.1, 0.15) is 23.1 Å². The number of hydrogen-bond acceptors (Lipinski definition) is 2.